The number of carbonyl (C=O) groups is 2. The molecule has 24 heavy (non-hydrogen) atoms. The molecule has 0 saturated carbocycles. The largest absolute Gasteiger partial charge is 0.494 e. The van der Waals surface area contributed by atoms with Crippen LogP contribution in [0.4, 0.5) is 0 Å². The fraction of sp³-hybridized carbons (Fsp3) is 0.353. The topological polar surface area (TPSA) is 66.8 Å². The van der Waals surface area contributed by atoms with Crippen LogP contribution >= 0.6 is 24.0 Å². The van der Waals surface area contributed by atoms with Crippen LogP contribution in [-0.4, -0.2) is 38.9 Å². The number of rotatable bonds is 6. The fourth-order valence-corrected chi connectivity index (χ4v) is 3.72. The summed E-state index contributed by atoms with van der Waals surface area (Å²) in [7, 11) is 0. The Morgan fingerprint density at radius 2 is 2.00 bits per heavy atom. The first-order valence-electron chi connectivity index (χ1n) is 7.57. The minimum atomic E-state index is -1.05. The van der Waals surface area contributed by atoms with E-state index < -0.39 is 12.0 Å². The molecular formula is C17H19NO4S2. The van der Waals surface area contributed by atoms with Crippen LogP contribution in [0.2, 0.25) is 0 Å². The van der Waals surface area contributed by atoms with Gasteiger partial charge in [0.1, 0.15) is 16.1 Å². The number of aliphatic carboxylic acids is 1. The summed E-state index contributed by atoms with van der Waals surface area (Å²) >= 11 is 6.35. The lowest BCUT2D eigenvalue weighted by atomic mass is 10.0. The lowest BCUT2D eigenvalue weighted by Gasteiger charge is -2.26. The molecule has 0 radical (unpaired) electrons. The summed E-state index contributed by atoms with van der Waals surface area (Å²) in [6, 6.07) is 6.38. The Morgan fingerprint density at radius 3 is 2.50 bits per heavy atom. The molecule has 5 nitrogen and oxygen atoms in total. The van der Waals surface area contributed by atoms with E-state index in [-0.39, 0.29) is 16.1 Å². The number of hydrogen-bond acceptors (Lipinski definition) is 5. The van der Waals surface area contributed by atoms with Gasteiger partial charge in [0.2, 0.25) is 0 Å². The minimum absolute atomic E-state index is 0.241. The van der Waals surface area contributed by atoms with E-state index in [2.05, 4.69) is 0 Å². The monoisotopic (exact) mass is 365 g/mol. The molecule has 0 bridgehead atoms. The molecule has 128 valence electrons. The zero-order chi connectivity index (χ0) is 17.9. The van der Waals surface area contributed by atoms with E-state index in [1.165, 1.54) is 4.90 Å². The number of amides is 1. The third kappa shape index (κ3) is 3.96. The maximum absolute atomic E-state index is 12.6. The molecule has 1 amide bonds. The van der Waals surface area contributed by atoms with Crippen LogP contribution in [0.25, 0.3) is 6.08 Å². The van der Waals surface area contributed by atoms with Gasteiger partial charge < -0.3 is 9.84 Å². The molecule has 1 aromatic carbocycles. The predicted molar refractivity (Wildman–Crippen MR) is 98.9 cm³/mol. The molecule has 0 aromatic heterocycles. The van der Waals surface area contributed by atoms with Crippen molar-refractivity contribution in [3.63, 3.8) is 0 Å². The second kappa shape index (κ2) is 7.81. The first kappa shape index (κ1) is 18.5. The van der Waals surface area contributed by atoms with Gasteiger partial charge in [-0.05, 0) is 36.6 Å². The molecule has 1 aromatic rings. The number of benzene rings is 1. The summed E-state index contributed by atoms with van der Waals surface area (Å²) in [6.07, 6.45) is 1.72. The van der Waals surface area contributed by atoms with E-state index in [4.69, 9.17) is 17.0 Å². The van der Waals surface area contributed by atoms with Gasteiger partial charge in [0.25, 0.3) is 5.91 Å². The van der Waals surface area contributed by atoms with Gasteiger partial charge in [-0.25, -0.2) is 4.79 Å². The fourth-order valence-electron chi connectivity index (χ4n) is 2.39. The summed E-state index contributed by atoms with van der Waals surface area (Å²) < 4.78 is 5.66. The van der Waals surface area contributed by atoms with Crippen LogP contribution in [0, 0.1) is 5.92 Å². The first-order valence-corrected chi connectivity index (χ1v) is 8.80. The van der Waals surface area contributed by atoms with Gasteiger partial charge in [-0.3, -0.25) is 9.69 Å². The average Bonchev–Trinajstić information content (AvgIpc) is 2.77. The van der Waals surface area contributed by atoms with Gasteiger partial charge >= 0.3 is 5.97 Å². The molecule has 1 atom stereocenters. The van der Waals surface area contributed by atoms with Crippen molar-refractivity contribution in [3.8, 4) is 5.75 Å². The Labute approximate surface area is 150 Å². The molecule has 0 spiro atoms. The molecule has 1 aliphatic rings. The maximum atomic E-state index is 12.6. The van der Waals surface area contributed by atoms with E-state index in [1.54, 1.807) is 19.9 Å². The summed E-state index contributed by atoms with van der Waals surface area (Å²) in [5.41, 5.74) is 0.829. The first-order chi connectivity index (χ1) is 11.3. The molecule has 1 N–H and O–H groups in total. The Hall–Kier alpha value is -1.86. The Kier molecular flexibility index (Phi) is 6.01. The molecule has 7 heteroatoms. The molecular weight excluding hydrogens is 346 g/mol. The predicted octanol–water partition coefficient (Wildman–Crippen LogP) is 3.40. The molecule has 1 fully saturated rings. The number of thiocarbonyl (C=S) groups is 1. The third-order valence-electron chi connectivity index (χ3n) is 3.48. The Bertz CT molecular complexity index is 682. The maximum Gasteiger partial charge on any atom is 0.327 e. The van der Waals surface area contributed by atoms with Crippen molar-refractivity contribution >= 4 is 46.3 Å². The molecule has 1 heterocycles. The zero-order valence-corrected chi connectivity index (χ0v) is 15.3. The number of carboxylic acid groups (broad SMARTS) is 1. The van der Waals surface area contributed by atoms with Crippen molar-refractivity contribution in [2.75, 3.05) is 6.61 Å². The van der Waals surface area contributed by atoms with Gasteiger partial charge in [0, 0.05) is 0 Å². The highest BCUT2D eigenvalue weighted by Crippen LogP contribution is 2.35. The summed E-state index contributed by atoms with van der Waals surface area (Å²) in [5.74, 6) is -0.897. The quantitative estimate of drug-likeness (QED) is 0.616. The normalized spacial score (nSPS) is 17.7. The molecule has 0 aliphatic carbocycles. The molecule has 0 unspecified atom stereocenters. The second-order valence-electron chi connectivity index (χ2n) is 5.58. The zero-order valence-electron chi connectivity index (χ0n) is 13.7. The molecule has 1 saturated heterocycles. The average molecular weight is 365 g/mol. The highest BCUT2D eigenvalue weighted by molar-refractivity contribution is 8.26. The van der Waals surface area contributed by atoms with E-state index in [0.29, 0.717) is 11.5 Å². The summed E-state index contributed by atoms with van der Waals surface area (Å²) in [6.45, 7) is 6.01. The van der Waals surface area contributed by atoms with Crippen LogP contribution in [0.15, 0.2) is 29.2 Å². The molecule has 2 rings (SSSR count). The number of carbonyl (C=O) groups excluding carboxylic acids is 1. The van der Waals surface area contributed by atoms with Crippen LogP contribution < -0.4 is 4.74 Å². The van der Waals surface area contributed by atoms with Gasteiger partial charge in [-0.2, -0.15) is 0 Å². The standard InChI is InChI=1S/C17H19NO4S2/c1-4-22-12-7-5-11(6-8-12)9-13-15(19)18(17(23)24-13)14(10(2)3)16(20)21/h5-10,14H,4H2,1-3H3,(H,20,21)/b13-9-/t14-/m0/s1. The lowest BCUT2D eigenvalue weighted by molar-refractivity contribution is -0.146. The number of ether oxygens (including phenoxy) is 1. The van der Waals surface area contributed by atoms with Gasteiger partial charge in [-0.1, -0.05) is 50.0 Å². The van der Waals surface area contributed by atoms with Crippen molar-refractivity contribution in [2.24, 2.45) is 5.92 Å². The van der Waals surface area contributed by atoms with E-state index >= 15 is 0 Å². The summed E-state index contributed by atoms with van der Waals surface area (Å²) in [4.78, 5) is 25.7. The molecule has 1 aliphatic heterocycles. The minimum Gasteiger partial charge on any atom is -0.494 e. The van der Waals surface area contributed by atoms with E-state index in [9.17, 15) is 14.7 Å². The smallest absolute Gasteiger partial charge is 0.327 e. The van der Waals surface area contributed by atoms with Crippen LogP contribution in [0.1, 0.15) is 26.3 Å². The number of nitrogens with zero attached hydrogens (tertiary/aromatic N) is 1. The Balaban J connectivity index is 2.25. The SMILES string of the molecule is CCOc1ccc(/C=C2\SC(=S)N([C@H](C(=O)O)C(C)C)C2=O)cc1. The summed E-state index contributed by atoms with van der Waals surface area (Å²) in [5, 5.41) is 9.40. The van der Waals surface area contributed by atoms with Gasteiger partial charge in [0.05, 0.1) is 11.5 Å². The van der Waals surface area contributed by atoms with Crippen LogP contribution in [0.3, 0.4) is 0 Å². The lowest BCUT2D eigenvalue weighted by Crippen LogP contribution is -2.47. The number of thioether (sulfide) groups is 1. The van der Waals surface area contributed by atoms with E-state index in [0.717, 1.165) is 23.1 Å². The highest BCUT2D eigenvalue weighted by Gasteiger charge is 2.41. The second-order valence-corrected chi connectivity index (χ2v) is 7.26. The number of carboxylic acids is 1. The van der Waals surface area contributed by atoms with Crippen LogP contribution in [0.5, 0.6) is 5.75 Å². The van der Waals surface area contributed by atoms with Gasteiger partial charge in [-0.15, -0.1) is 0 Å². The highest BCUT2D eigenvalue weighted by atomic mass is 32.2. The third-order valence-corrected chi connectivity index (χ3v) is 4.81. The van der Waals surface area contributed by atoms with Crippen molar-refractivity contribution in [2.45, 2.75) is 26.8 Å². The number of hydrogen-bond donors (Lipinski definition) is 1. The Morgan fingerprint density at radius 1 is 1.38 bits per heavy atom. The van der Waals surface area contributed by atoms with Crippen molar-refractivity contribution in [3.05, 3.63) is 34.7 Å². The van der Waals surface area contributed by atoms with Crippen molar-refractivity contribution in [1.82, 2.24) is 4.90 Å². The van der Waals surface area contributed by atoms with Gasteiger partial charge in [0.15, 0.2) is 0 Å². The van der Waals surface area contributed by atoms with E-state index in [1.807, 2.05) is 31.2 Å². The van der Waals surface area contributed by atoms with Crippen molar-refractivity contribution < 1.29 is 19.4 Å². The van der Waals surface area contributed by atoms with Crippen LogP contribution in [-0.2, 0) is 9.59 Å². The van der Waals surface area contributed by atoms with Crippen molar-refractivity contribution in [1.29, 1.82) is 0 Å².